The molecule has 0 aromatic carbocycles. The summed E-state index contributed by atoms with van der Waals surface area (Å²) in [6.45, 7) is 0. The fourth-order valence-corrected chi connectivity index (χ4v) is 3.47. The molecule has 2 aliphatic carbocycles. The molecular weight excluding hydrogens is 238 g/mol. The van der Waals surface area contributed by atoms with E-state index in [0.29, 0.717) is 12.5 Å². The van der Waals surface area contributed by atoms with Crippen LogP contribution in [-0.2, 0) is 11.2 Å². The summed E-state index contributed by atoms with van der Waals surface area (Å²) in [5.41, 5.74) is 6.51. The normalized spacial score (nSPS) is 23.0. The number of ketones is 1. The molecular formula is C15H23N3O. The molecule has 1 aromatic heterocycles. The highest BCUT2D eigenvalue weighted by Crippen LogP contribution is 2.30. The molecule has 0 bridgehead atoms. The van der Waals surface area contributed by atoms with Crippen molar-refractivity contribution in [3.63, 3.8) is 0 Å². The molecule has 0 spiro atoms. The van der Waals surface area contributed by atoms with Crippen LogP contribution in [0.4, 0.5) is 0 Å². The first-order chi connectivity index (χ1) is 9.17. The van der Waals surface area contributed by atoms with Crippen LogP contribution < -0.4 is 5.73 Å². The lowest BCUT2D eigenvalue weighted by Gasteiger charge is -2.21. The number of hydrogen-bond donors (Lipinski definition) is 1. The van der Waals surface area contributed by atoms with E-state index in [4.69, 9.17) is 5.73 Å². The molecule has 2 N–H and O–H groups in total. The highest BCUT2D eigenvalue weighted by atomic mass is 16.1. The maximum atomic E-state index is 12.3. The maximum absolute atomic E-state index is 12.3. The van der Waals surface area contributed by atoms with Gasteiger partial charge >= 0.3 is 0 Å². The van der Waals surface area contributed by atoms with Gasteiger partial charge < -0.3 is 5.73 Å². The van der Waals surface area contributed by atoms with Crippen LogP contribution in [0.3, 0.4) is 0 Å². The molecule has 1 aromatic rings. The van der Waals surface area contributed by atoms with Crippen LogP contribution >= 0.6 is 0 Å². The molecule has 0 radical (unpaired) electrons. The first-order valence-corrected chi connectivity index (χ1v) is 7.54. The van der Waals surface area contributed by atoms with Gasteiger partial charge in [-0.2, -0.15) is 5.10 Å². The summed E-state index contributed by atoms with van der Waals surface area (Å²) >= 11 is 0. The van der Waals surface area contributed by atoms with Gasteiger partial charge in [0.25, 0.3) is 0 Å². The Labute approximate surface area is 114 Å². The minimum Gasteiger partial charge on any atom is -0.319 e. The van der Waals surface area contributed by atoms with E-state index in [0.717, 1.165) is 31.4 Å². The largest absolute Gasteiger partial charge is 0.319 e. The summed E-state index contributed by atoms with van der Waals surface area (Å²) < 4.78 is 2.05. The predicted octanol–water partition coefficient (Wildman–Crippen LogP) is 2.38. The molecule has 2 saturated carbocycles. The quantitative estimate of drug-likeness (QED) is 0.905. The summed E-state index contributed by atoms with van der Waals surface area (Å²) in [5, 5.41) is 4.58. The van der Waals surface area contributed by atoms with Gasteiger partial charge in [0, 0.05) is 6.20 Å². The maximum Gasteiger partial charge on any atom is 0.158 e. The number of carbonyl (C=O) groups excluding carboxylic acids is 1. The van der Waals surface area contributed by atoms with Gasteiger partial charge in [-0.25, -0.2) is 0 Å². The second-order valence-electron chi connectivity index (χ2n) is 6.19. The zero-order valence-electron chi connectivity index (χ0n) is 11.5. The molecule has 2 aliphatic rings. The van der Waals surface area contributed by atoms with Gasteiger partial charge in [0.2, 0.25) is 0 Å². The van der Waals surface area contributed by atoms with Gasteiger partial charge in [0.15, 0.2) is 5.78 Å². The summed E-state index contributed by atoms with van der Waals surface area (Å²) in [6.07, 6.45) is 11.3. The SMILES string of the molecule is NC1(C(=O)Cc2ccn(C3CCCC3)n2)CCCC1. The Morgan fingerprint density at radius 2 is 2.00 bits per heavy atom. The monoisotopic (exact) mass is 261 g/mol. The molecule has 0 unspecified atom stereocenters. The molecule has 0 aliphatic heterocycles. The van der Waals surface area contributed by atoms with E-state index >= 15 is 0 Å². The number of Topliss-reactive ketones (excluding diaryl/α,β-unsaturated/α-hetero) is 1. The van der Waals surface area contributed by atoms with Gasteiger partial charge in [-0.1, -0.05) is 25.7 Å². The Bertz CT molecular complexity index is 454. The van der Waals surface area contributed by atoms with E-state index in [1.807, 2.05) is 16.9 Å². The van der Waals surface area contributed by atoms with Crippen molar-refractivity contribution in [1.29, 1.82) is 0 Å². The summed E-state index contributed by atoms with van der Waals surface area (Å²) in [7, 11) is 0. The van der Waals surface area contributed by atoms with Gasteiger partial charge in [-0.3, -0.25) is 9.48 Å². The van der Waals surface area contributed by atoms with Crippen LogP contribution in [0.2, 0.25) is 0 Å². The smallest absolute Gasteiger partial charge is 0.158 e. The summed E-state index contributed by atoms with van der Waals surface area (Å²) in [5.74, 6) is 0.168. The average Bonchev–Trinajstić information content (AvgIpc) is 3.08. The van der Waals surface area contributed by atoms with Crippen LogP contribution in [0.5, 0.6) is 0 Å². The number of hydrogen-bond acceptors (Lipinski definition) is 3. The lowest BCUT2D eigenvalue weighted by atomic mass is 9.91. The average molecular weight is 261 g/mol. The fourth-order valence-electron chi connectivity index (χ4n) is 3.47. The number of nitrogens with zero attached hydrogens (tertiary/aromatic N) is 2. The highest BCUT2D eigenvalue weighted by Gasteiger charge is 2.36. The van der Waals surface area contributed by atoms with Crippen molar-refractivity contribution in [3.8, 4) is 0 Å². The Morgan fingerprint density at radius 1 is 1.32 bits per heavy atom. The van der Waals surface area contributed by atoms with E-state index in [1.165, 1.54) is 25.7 Å². The van der Waals surface area contributed by atoms with E-state index < -0.39 is 5.54 Å². The van der Waals surface area contributed by atoms with Crippen molar-refractivity contribution in [1.82, 2.24) is 9.78 Å². The van der Waals surface area contributed by atoms with E-state index in [1.54, 1.807) is 0 Å². The molecule has 2 fully saturated rings. The lowest BCUT2D eigenvalue weighted by Crippen LogP contribution is -2.46. The van der Waals surface area contributed by atoms with E-state index in [2.05, 4.69) is 5.10 Å². The van der Waals surface area contributed by atoms with E-state index in [-0.39, 0.29) is 5.78 Å². The van der Waals surface area contributed by atoms with Crippen molar-refractivity contribution in [2.75, 3.05) is 0 Å². The number of carbonyl (C=O) groups is 1. The third-order valence-electron chi connectivity index (χ3n) is 4.76. The van der Waals surface area contributed by atoms with E-state index in [9.17, 15) is 4.79 Å². The van der Waals surface area contributed by atoms with Crippen LogP contribution in [0.25, 0.3) is 0 Å². The number of aromatic nitrogens is 2. The van der Waals surface area contributed by atoms with Crippen LogP contribution in [0.15, 0.2) is 12.3 Å². The second-order valence-corrected chi connectivity index (χ2v) is 6.19. The second kappa shape index (κ2) is 5.08. The van der Waals surface area contributed by atoms with Gasteiger partial charge in [0.05, 0.1) is 23.7 Å². The Hall–Kier alpha value is -1.16. The molecule has 19 heavy (non-hydrogen) atoms. The molecule has 0 atom stereocenters. The Balaban J connectivity index is 1.65. The molecule has 0 amide bonds. The summed E-state index contributed by atoms with van der Waals surface area (Å²) in [4.78, 5) is 12.3. The molecule has 1 heterocycles. The molecule has 4 nitrogen and oxygen atoms in total. The van der Waals surface area contributed by atoms with Crippen LogP contribution in [0.1, 0.15) is 63.1 Å². The number of nitrogens with two attached hydrogens (primary N) is 1. The zero-order valence-corrected chi connectivity index (χ0v) is 11.5. The van der Waals surface area contributed by atoms with Gasteiger partial charge in [0.1, 0.15) is 0 Å². The van der Waals surface area contributed by atoms with Gasteiger partial charge in [-0.05, 0) is 31.7 Å². The first kappa shape index (κ1) is 12.9. The van der Waals surface area contributed by atoms with Crippen LogP contribution in [0, 0.1) is 0 Å². The minimum atomic E-state index is -0.572. The van der Waals surface area contributed by atoms with Crippen molar-refractivity contribution in [2.24, 2.45) is 5.73 Å². The molecule has 104 valence electrons. The highest BCUT2D eigenvalue weighted by molar-refractivity contribution is 5.89. The first-order valence-electron chi connectivity index (χ1n) is 7.54. The third-order valence-corrected chi connectivity index (χ3v) is 4.76. The van der Waals surface area contributed by atoms with Crippen molar-refractivity contribution < 1.29 is 4.79 Å². The predicted molar refractivity (Wildman–Crippen MR) is 73.8 cm³/mol. The minimum absolute atomic E-state index is 0.168. The van der Waals surface area contributed by atoms with Gasteiger partial charge in [-0.15, -0.1) is 0 Å². The molecule has 3 rings (SSSR count). The zero-order chi connectivity index (χ0) is 13.3. The molecule has 0 saturated heterocycles. The Kier molecular flexibility index (Phi) is 3.44. The van der Waals surface area contributed by atoms with Crippen molar-refractivity contribution in [3.05, 3.63) is 18.0 Å². The topological polar surface area (TPSA) is 60.9 Å². The fraction of sp³-hybridized carbons (Fsp3) is 0.733. The standard InChI is InChI=1S/C15H23N3O/c16-15(8-3-4-9-15)14(19)11-12-7-10-18(17-12)13-5-1-2-6-13/h7,10,13H,1-6,8-9,11,16H2. The molecule has 4 heteroatoms. The summed E-state index contributed by atoms with van der Waals surface area (Å²) in [6, 6.07) is 2.52. The lowest BCUT2D eigenvalue weighted by molar-refractivity contribution is -0.123. The third kappa shape index (κ3) is 2.59. The number of rotatable bonds is 4. The van der Waals surface area contributed by atoms with Crippen molar-refractivity contribution in [2.45, 2.75) is 69.4 Å². The van der Waals surface area contributed by atoms with Crippen LogP contribution in [-0.4, -0.2) is 21.1 Å². The Morgan fingerprint density at radius 3 is 2.68 bits per heavy atom. The van der Waals surface area contributed by atoms with Crippen molar-refractivity contribution >= 4 is 5.78 Å².